The molecule has 0 spiro atoms. The Labute approximate surface area is 113 Å². The van der Waals surface area contributed by atoms with Crippen LogP contribution in [0.25, 0.3) is 0 Å². The highest BCUT2D eigenvalue weighted by molar-refractivity contribution is 5.30. The molecule has 1 aromatic heterocycles. The zero-order chi connectivity index (χ0) is 14.0. The average Bonchev–Trinajstić information content (AvgIpc) is 2.79. The lowest BCUT2D eigenvalue weighted by Crippen LogP contribution is -2.17. The first-order valence-electron chi connectivity index (χ1n) is 6.52. The Morgan fingerprint density at radius 1 is 1.16 bits per heavy atom. The van der Waals surface area contributed by atoms with Gasteiger partial charge in [-0.15, -0.1) is 0 Å². The molecule has 0 amide bonds. The lowest BCUT2D eigenvalue weighted by atomic mass is 10.1. The normalized spacial score (nSPS) is 12.7. The fourth-order valence-corrected chi connectivity index (χ4v) is 2.20. The van der Waals surface area contributed by atoms with Crippen molar-refractivity contribution in [1.82, 2.24) is 5.32 Å². The molecule has 1 N–H and O–H groups in total. The van der Waals surface area contributed by atoms with Gasteiger partial charge in [0.1, 0.15) is 17.3 Å². The molecule has 1 atom stereocenters. The fourth-order valence-electron chi connectivity index (χ4n) is 2.20. The number of rotatable bonds is 4. The maximum atomic E-state index is 13.5. The third kappa shape index (κ3) is 3.24. The summed E-state index contributed by atoms with van der Waals surface area (Å²) in [5.74, 6) is 1.73. The van der Waals surface area contributed by atoms with Crippen LogP contribution in [0.15, 0.2) is 28.7 Å². The van der Waals surface area contributed by atoms with E-state index in [2.05, 4.69) is 12.2 Å². The molecule has 19 heavy (non-hydrogen) atoms. The second-order valence-electron chi connectivity index (χ2n) is 5.09. The van der Waals surface area contributed by atoms with Crippen LogP contribution in [0.5, 0.6) is 0 Å². The van der Waals surface area contributed by atoms with Gasteiger partial charge in [0, 0.05) is 6.54 Å². The third-order valence-corrected chi connectivity index (χ3v) is 3.30. The summed E-state index contributed by atoms with van der Waals surface area (Å²) >= 11 is 0. The highest BCUT2D eigenvalue weighted by atomic mass is 19.1. The largest absolute Gasteiger partial charge is 0.465 e. The Morgan fingerprint density at radius 2 is 1.79 bits per heavy atom. The van der Waals surface area contributed by atoms with Gasteiger partial charge in [0.25, 0.3) is 0 Å². The monoisotopic (exact) mass is 261 g/mol. The second kappa shape index (κ2) is 5.57. The molecule has 2 nitrogen and oxygen atoms in total. The highest BCUT2D eigenvalue weighted by Crippen LogP contribution is 2.18. The van der Waals surface area contributed by atoms with E-state index in [0.717, 1.165) is 17.1 Å². The van der Waals surface area contributed by atoms with Crippen LogP contribution in [0.3, 0.4) is 0 Å². The molecule has 0 aliphatic heterocycles. The summed E-state index contributed by atoms with van der Waals surface area (Å²) in [6.45, 7) is 8.28. The predicted octanol–water partition coefficient (Wildman–Crippen LogP) is 4.19. The molecule has 0 radical (unpaired) electrons. The van der Waals surface area contributed by atoms with Gasteiger partial charge in [-0.2, -0.15) is 0 Å². The number of hydrogen-bond acceptors (Lipinski definition) is 2. The van der Waals surface area contributed by atoms with E-state index in [1.807, 2.05) is 31.2 Å². The highest BCUT2D eigenvalue weighted by Gasteiger charge is 2.10. The van der Waals surface area contributed by atoms with Crippen molar-refractivity contribution in [3.05, 3.63) is 58.3 Å². The molecule has 0 fully saturated rings. The van der Waals surface area contributed by atoms with Crippen LogP contribution in [0.2, 0.25) is 0 Å². The van der Waals surface area contributed by atoms with E-state index >= 15 is 0 Å². The van der Waals surface area contributed by atoms with Gasteiger partial charge < -0.3 is 9.73 Å². The standard InChI is InChI=1S/C16H20FNO/c1-10-7-14(8-11(2)16(10)17)9-18-13(4)15-6-5-12(3)19-15/h5-8,13,18H,9H2,1-4H3. The molecule has 0 saturated carbocycles. The molecule has 0 saturated heterocycles. The molecule has 0 bridgehead atoms. The van der Waals surface area contributed by atoms with Crippen LogP contribution in [0, 0.1) is 26.6 Å². The van der Waals surface area contributed by atoms with Crippen molar-refractivity contribution in [3.8, 4) is 0 Å². The first-order chi connectivity index (χ1) is 8.97. The number of furan rings is 1. The van der Waals surface area contributed by atoms with Gasteiger partial charge in [0.2, 0.25) is 0 Å². The van der Waals surface area contributed by atoms with Crippen molar-refractivity contribution in [2.75, 3.05) is 0 Å². The van der Waals surface area contributed by atoms with E-state index in [9.17, 15) is 4.39 Å². The quantitative estimate of drug-likeness (QED) is 0.892. The van der Waals surface area contributed by atoms with Crippen LogP contribution in [0.4, 0.5) is 4.39 Å². The van der Waals surface area contributed by atoms with E-state index in [-0.39, 0.29) is 11.9 Å². The minimum atomic E-state index is -0.113. The SMILES string of the molecule is Cc1ccc(C(C)NCc2cc(C)c(F)c(C)c2)o1. The molecule has 0 aliphatic rings. The minimum absolute atomic E-state index is 0.113. The molecule has 1 aromatic carbocycles. The van der Waals surface area contributed by atoms with Crippen molar-refractivity contribution < 1.29 is 8.81 Å². The van der Waals surface area contributed by atoms with Gasteiger partial charge >= 0.3 is 0 Å². The van der Waals surface area contributed by atoms with E-state index in [1.54, 1.807) is 13.8 Å². The van der Waals surface area contributed by atoms with Crippen LogP contribution >= 0.6 is 0 Å². The van der Waals surface area contributed by atoms with Crippen LogP contribution in [0.1, 0.15) is 41.2 Å². The minimum Gasteiger partial charge on any atom is -0.465 e. The van der Waals surface area contributed by atoms with Gasteiger partial charge in [-0.25, -0.2) is 4.39 Å². The Morgan fingerprint density at radius 3 is 2.32 bits per heavy atom. The number of halogens is 1. The Hall–Kier alpha value is -1.61. The number of benzene rings is 1. The summed E-state index contributed by atoms with van der Waals surface area (Å²) < 4.78 is 19.1. The summed E-state index contributed by atoms with van der Waals surface area (Å²) in [6.07, 6.45) is 0. The van der Waals surface area contributed by atoms with Crippen LogP contribution in [-0.2, 0) is 6.54 Å². The summed E-state index contributed by atoms with van der Waals surface area (Å²) in [5, 5.41) is 3.39. The Bertz CT molecular complexity index is 551. The van der Waals surface area contributed by atoms with Crippen molar-refractivity contribution in [2.45, 2.75) is 40.3 Å². The molecular formula is C16H20FNO. The lowest BCUT2D eigenvalue weighted by molar-refractivity contribution is 0.415. The zero-order valence-electron chi connectivity index (χ0n) is 11.9. The summed E-state index contributed by atoms with van der Waals surface area (Å²) in [6, 6.07) is 7.85. The van der Waals surface area contributed by atoms with Crippen molar-refractivity contribution in [3.63, 3.8) is 0 Å². The summed E-state index contributed by atoms with van der Waals surface area (Å²) in [5.41, 5.74) is 2.48. The molecule has 1 unspecified atom stereocenters. The smallest absolute Gasteiger partial charge is 0.129 e. The van der Waals surface area contributed by atoms with Crippen LogP contribution < -0.4 is 5.32 Å². The van der Waals surface area contributed by atoms with Crippen molar-refractivity contribution in [2.24, 2.45) is 0 Å². The van der Waals surface area contributed by atoms with Gasteiger partial charge in [-0.3, -0.25) is 0 Å². The van der Waals surface area contributed by atoms with E-state index in [0.29, 0.717) is 17.7 Å². The lowest BCUT2D eigenvalue weighted by Gasteiger charge is -2.13. The molecule has 2 rings (SSSR count). The van der Waals surface area contributed by atoms with Gasteiger partial charge in [-0.1, -0.05) is 12.1 Å². The number of nitrogens with one attached hydrogen (secondary N) is 1. The van der Waals surface area contributed by atoms with E-state index in [1.165, 1.54) is 0 Å². The zero-order valence-corrected chi connectivity index (χ0v) is 11.9. The van der Waals surface area contributed by atoms with Crippen LogP contribution in [-0.4, -0.2) is 0 Å². The molecule has 1 heterocycles. The molecular weight excluding hydrogens is 241 g/mol. The fraction of sp³-hybridized carbons (Fsp3) is 0.375. The van der Waals surface area contributed by atoms with Crippen molar-refractivity contribution in [1.29, 1.82) is 0 Å². The molecule has 0 aliphatic carbocycles. The number of hydrogen-bond donors (Lipinski definition) is 1. The topological polar surface area (TPSA) is 25.2 Å². The third-order valence-electron chi connectivity index (χ3n) is 3.30. The van der Waals surface area contributed by atoms with E-state index < -0.39 is 0 Å². The van der Waals surface area contributed by atoms with Gasteiger partial charge in [0.15, 0.2) is 0 Å². The molecule has 3 heteroatoms. The van der Waals surface area contributed by atoms with Gasteiger partial charge in [-0.05, 0) is 56.5 Å². The molecule has 2 aromatic rings. The first-order valence-corrected chi connectivity index (χ1v) is 6.52. The van der Waals surface area contributed by atoms with Crippen molar-refractivity contribution >= 4 is 0 Å². The maximum absolute atomic E-state index is 13.5. The number of aryl methyl sites for hydroxylation is 3. The predicted molar refractivity (Wildman–Crippen MR) is 74.6 cm³/mol. The summed E-state index contributed by atoms with van der Waals surface area (Å²) in [7, 11) is 0. The van der Waals surface area contributed by atoms with Gasteiger partial charge in [0.05, 0.1) is 6.04 Å². The average molecular weight is 261 g/mol. The Balaban J connectivity index is 2.03. The maximum Gasteiger partial charge on any atom is 0.129 e. The Kier molecular flexibility index (Phi) is 4.05. The van der Waals surface area contributed by atoms with E-state index in [4.69, 9.17) is 4.42 Å². The molecule has 102 valence electrons. The second-order valence-corrected chi connectivity index (χ2v) is 5.09. The first kappa shape index (κ1) is 13.8. The summed E-state index contributed by atoms with van der Waals surface area (Å²) in [4.78, 5) is 0.